The quantitative estimate of drug-likeness (QED) is 0.0599. The predicted molar refractivity (Wildman–Crippen MR) is 260 cm³/mol. The molecule has 292 valence electrons. The molecule has 0 fully saturated rings. The number of unbranched alkanes of at least 4 members (excludes halogenated alkanes) is 6. The summed E-state index contributed by atoms with van der Waals surface area (Å²) in [6.07, 6.45) is 12.9. The van der Waals surface area contributed by atoms with Crippen LogP contribution in [0.1, 0.15) is 89.2 Å². The van der Waals surface area contributed by atoms with Crippen molar-refractivity contribution in [3.05, 3.63) is 169 Å². The van der Waals surface area contributed by atoms with Gasteiger partial charge in [-0.3, -0.25) is 0 Å². The Balaban J connectivity index is 1.45. The Kier molecular flexibility index (Phi) is 13.4. The molecule has 0 spiro atoms. The third-order valence-electron chi connectivity index (χ3n) is 14.0. The molecule has 0 aliphatic heterocycles. The number of hydrogen-bond acceptors (Lipinski definition) is 0. The molecule has 2 unspecified atom stereocenters. The molecule has 0 heterocycles. The van der Waals surface area contributed by atoms with Crippen molar-refractivity contribution in [2.45, 2.75) is 110 Å². The Morgan fingerprint density at radius 2 is 0.754 bits per heavy atom. The van der Waals surface area contributed by atoms with Crippen molar-refractivity contribution in [1.29, 1.82) is 0 Å². The molecule has 1 aliphatic carbocycles. The molecule has 0 aromatic heterocycles. The molecule has 0 N–H and O–H groups in total. The summed E-state index contributed by atoms with van der Waals surface area (Å²) < 4.78 is 0. The Morgan fingerprint density at radius 1 is 0.404 bits per heavy atom. The van der Waals surface area contributed by atoms with Crippen LogP contribution in [0.2, 0.25) is 26.2 Å². The van der Waals surface area contributed by atoms with E-state index >= 15 is 0 Å². The lowest BCUT2D eigenvalue weighted by Crippen LogP contribution is -2.69. The van der Waals surface area contributed by atoms with Crippen molar-refractivity contribution < 1.29 is 0 Å². The lowest BCUT2D eigenvalue weighted by molar-refractivity contribution is 0.401. The Labute approximate surface area is 350 Å². The smallest absolute Gasteiger partial charge is 0.0683 e. The number of hydrogen-bond donors (Lipinski definition) is 0. The summed E-state index contributed by atoms with van der Waals surface area (Å²) in [6.45, 7) is 15.3. The van der Waals surface area contributed by atoms with Crippen molar-refractivity contribution in [2.75, 3.05) is 0 Å². The third kappa shape index (κ3) is 8.00. The van der Waals surface area contributed by atoms with Crippen LogP contribution in [-0.4, -0.2) is 31.8 Å². The summed E-state index contributed by atoms with van der Waals surface area (Å²) in [5.41, 5.74) is 6.33. The van der Waals surface area contributed by atoms with E-state index in [9.17, 15) is 0 Å². The molecular weight excluding hydrogens is 749 g/mol. The Hall–Kier alpha value is -3.81. The van der Waals surface area contributed by atoms with Gasteiger partial charge in [0.15, 0.2) is 0 Å². The highest BCUT2D eigenvalue weighted by Crippen LogP contribution is 2.54. The van der Waals surface area contributed by atoms with Gasteiger partial charge in [0.1, 0.15) is 15.2 Å². The largest absolute Gasteiger partial charge is 0.110 e. The molecule has 0 amide bonds. The molecule has 2 atom stereocenters. The van der Waals surface area contributed by atoms with Gasteiger partial charge in [-0.05, 0) is 35.1 Å². The van der Waals surface area contributed by atoms with Crippen molar-refractivity contribution in [2.24, 2.45) is 0 Å². The van der Waals surface area contributed by atoms with E-state index in [4.69, 9.17) is 0 Å². The Morgan fingerprint density at radius 3 is 1.11 bits per heavy atom. The highest BCUT2D eigenvalue weighted by atomic mass is 29.2. The first-order valence-corrected chi connectivity index (χ1v) is 33.0. The van der Waals surface area contributed by atoms with Crippen LogP contribution >= 0.6 is 0 Å². The van der Waals surface area contributed by atoms with Crippen molar-refractivity contribution >= 4 is 62.9 Å². The third-order valence-corrected chi connectivity index (χ3v) is 39.5. The number of fused-ring (bicyclic) bond motifs is 3. The molecular formula is C53H64Si4. The van der Waals surface area contributed by atoms with Gasteiger partial charge < -0.3 is 0 Å². The van der Waals surface area contributed by atoms with Gasteiger partial charge in [0.25, 0.3) is 0 Å². The van der Waals surface area contributed by atoms with Gasteiger partial charge in [0.05, 0.1) is 16.6 Å². The summed E-state index contributed by atoms with van der Waals surface area (Å²) in [5.74, 6) is 0. The van der Waals surface area contributed by atoms with Gasteiger partial charge in [-0.2, -0.15) is 0 Å². The molecule has 1 aliphatic rings. The van der Waals surface area contributed by atoms with E-state index in [2.05, 4.69) is 198 Å². The van der Waals surface area contributed by atoms with E-state index in [1.54, 1.807) is 42.2 Å². The fourth-order valence-corrected chi connectivity index (χ4v) is 30.1. The zero-order valence-corrected chi connectivity index (χ0v) is 39.6. The van der Waals surface area contributed by atoms with Crippen molar-refractivity contribution in [3.8, 4) is 11.1 Å². The number of rotatable bonds is 18. The molecule has 57 heavy (non-hydrogen) atoms. The molecule has 0 bridgehead atoms. The van der Waals surface area contributed by atoms with Crippen LogP contribution in [-0.2, 0) is 5.41 Å². The van der Waals surface area contributed by atoms with Gasteiger partial charge in [-0.25, -0.2) is 0 Å². The first kappa shape index (κ1) is 41.4. The summed E-state index contributed by atoms with van der Waals surface area (Å²) in [4.78, 5) is 0. The molecule has 2 radical (unpaired) electrons. The second-order valence-electron chi connectivity index (χ2n) is 17.2. The van der Waals surface area contributed by atoms with Crippen LogP contribution in [0.15, 0.2) is 158 Å². The van der Waals surface area contributed by atoms with Crippen molar-refractivity contribution in [1.82, 2.24) is 0 Å². The lowest BCUT2D eigenvalue weighted by Gasteiger charge is -2.38. The molecule has 6 aromatic carbocycles. The minimum atomic E-state index is -2.17. The SMILES string of the molecule is CCCCCCC1(CCCCCC)c2cc([Si](C)(c3ccccc3)[Si](C)c3ccccc3)ccc2-c2ccc([Si](C)(c3ccccc3)[Si](C)c3ccccc3)cc21. The lowest BCUT2D eigenvalue weighted by atomic mass is 9.70. The minimum absolute atomic E-state index is 0.0248. The second kappa shape index (κ2) is 18.4. The van der Waals surface area contributed by atoms with Crippen LogP contribution in [0.3, 0.4) is 0 Å². The van der Waals surface area contributed by atoms with Crippen LogP contribution < -0.4 is 31.1 Å². The van der Waals surface area contributed by atoms with Gasteiger partial charge in [-0.15, -0.1) is 0 Å². The maximum atomic E-state index is 2.80. The minimum Gasteiger partial charge on any atom is -0.0683 e. The topological polar surface area (TPSA) is 0 Å². The molecule has 0 nitrogen and oxygen atoms in total. The summed E-state index contributed by atoms with van der Waals surface area (Å²) in [7, 11) is -6.18. The summed E-state index contributed by atoms with van der Waals surface area (Å²) in [6, 6.07) is 62.3. The van der Waals surface area contributed by atoms with E-state index < -0.39 is 31.8 Å². The zero-order valence-electron chi connectivity index (χ0n) is 35.6. The van der Waals surface area contributed by atoms with E-state index in [0.717, 1.165) is 0 Å². The molecule has 6 aromatic rings. The average Bonchev–Trinajstić information content (AvgIpc) is 3.54. The summed E-state index contributed by atoms with van der Waals surface area (Å²) in [5, 5.41) is 9.50. The molecule has 7 rings (SSSR count). The first-order valence-electron chi connectivity index (χ1n) is 22.0. The predicted octanol–water partition coefficient (Wildman–Crippen LogP) is 10.5. The van der Waals surface area contributed by atoms with E-state index in [0.29, 0.717) is 0 Å². The van der Waals surface area contributed by atoms with Crippen LogP contribution in [0.4, 0.5) is 0 Å². The van der Waals surface area contributed by atoms with Crippen LogP contribution in [0.25, 0.3) is 11.1 Å². The monoisotopic (exact) mass is 812 g/mol. The highest BCUT2D eigenvalue weighted by molar-refractivity contribution is 7.47. The standard InChI is InChI=1S/C53H64Si4/c1-7-9-11-25-39-53(40-26-12-10-8-2)51-41-47(56(5,45-31-21-15-22-32-45)54(3)43-27-17-13-18-28-43)35-37-49(51)50-38-36-48(42-52(50)53)57(6,46-33-23-16-24-34-46)55(4)44-29-19-14-20-30-44/h13-24,27-38,41-42H,7-12,25-26,39-40H2,1-6H3. The maximum absolute atomic E-state index is 2.80. The van der Waals surface area contributed by atoms with E-state index in [1.807, 2.05) is 0 Å². The van der Waals surface area contributed by atoms with Gasteiger partial charge >= 0.3 is 0 Å². The van der Waals surface area contributed by atoms with Crippen molar-refractivity contribution in [3.63, 3.8) is 0 Å². The average molecular weight is 813 g/mol. The van der Waals surface area contributed by atoms with E-state index in [1.165, 1.54) is 75.3 Å². The maximum Gasteiger partial charge on any atom is 0.110 e. The first-order chi connectivity index (χ1) is 27.8. The molecule has 4 heteroatoms. The molecule has 0 saturated carbocycles. The normalized spacial score (nSPS) is 15.2. The van der Waals surface area contributed by atoms with Gasteiger partial charge in [0, 0.05) is 5.41 Å². The number of benzene rings is 6. The second-order valence-corrected chi connectivity index (χ2v) is 38.2. The van der Waals surface area contributed by atoms with Gasteiger partial charge in [-0.1, -0.05) is 280 Å². The molecule has 0 saturated heterocycles. The van der Waals surface area contributed by atoms with Crippen LogP contribution in [0.5, 0.6) is 0 Å². The van der Waals surface area contributed by atoms with E-state index in [-0.39, 0.29) is 5.41 Å². The fraction of sp³-hybridized carbons (Fsp3) is 0.321. The zero-order chi connectivity index (χ0) is 39.9. The summed E-state index contributed by atoms with van der Waals surface area (Å²) >= 11 is 0. The van der Waals surface area contributed by atoms with Gasteiger partial charge in [0.2, 0.25) is 0 Å². The van der Waals surface area contributed by atoms with Crippen LogP contribution in [0, 0.1) is 0 Å². The highest BCUT2D eigenvalue weighted by Gasteiger charge is 2.47. The fourth-order valence-electron chi connectivity index (χ4n) is 10.2. The Bertz CT molecular complexity index is 2030.